The lowest BCUT2D eigenvalue weighted by atomic mass is 10.1. The van der Waals surface area contributed by atoms with Gasteiger partial charge in [0.2, 0.25) is 0 Å². The van der Waals surface area contributed by atoms with Crippen molar-refractivity contribution in [2.24, 2.45) is 0 Å². The summed E-state index contributed by atoms with van der Waals surface area (Å²) in [6.07, 6.45) is 1.52. The van der Waals surface area contributed by atoms with E-state index in [1.54, 1.807) is 37.4 Å². The SMILES string of the molecule is CCOc1cc(/C=C2/C(=O)NC(=S)N(c3ccc(OC)cc3)C2=O)cc(I)c1OCC. The van der Waals surface area contributed by atoms with Crippen molar-refractivity contribution in [2.75, 3.05) is 25.2 Å². The normalized spacial score (nSPS) is 15.2. The zero-order chi connectivity index (χ0) is 22.5. The van der Waals surface area contributed by atoms with Gasteiger partial charge in [-0.1, -0.05) is 0 Å². The highest BCUT2D eigenvalue weighted by atomic mass is 127. The second-order valence-electron chi connectivity index (χ2n) is 6.35. The first kappa shape index (κ1) is 23.0. The predicted molar refractivity (Wildman–Crippen MR) is 131 cm³/mol. The smallest absolute Gasteiger partial charge is 0.270 e. The lowest BCUT2D eigenvalue weighted by Crippen LogP contribution is -2.54. The number of ether oxygens (including phenoxy) is 3. The van der Waals surface area contributed by atoms with Crippen LogP contribution in [0.5, 0.6) is 17.2 Å². The summed E-state index contributed by atoms with van der Waals surface area (Å²) in [4.78, 5) is 27.0. The number of benzene rings is 2. The van der Waals surface area contributed by atoms with Crippen LogP contribution >= 0.6 is 34.8 Å². The quantitative estimate of drug-likeness (QED) is 0.243. The molecule has 0 spiro atoms. The van der Waals surface area contributed by atoms with Crippen LogP contribution < -0.4 is 24.4 Å². The van der Waals surface area contributed by atoms with Crippen LogP contribution in [-0.4, -0.2) is 37.3 Å². The monoisotopic (exact) mass is 552 g/mol. The molecule has 1 fully saturated rings. The second kappa shape index (κ2) is 10.1. The van der Waals surface area contributed by atoms with Crippen molar-refractivity contribution in [3.8, 4) is 17.2 Å². The molecule has 2 amide bonds. The molecule has 0 radical (unpaired) electrons. The highest BCUT2D eigenvalue weighted by molar-refractivity contribution is 14.1. The van der Waals surface area contributed by atoms with E-state index < -0.39 is 11.8 Å². The van der Waals surface area contributed by atoms with E-state index in [1.807, 2.05) is 19.9 Å². The zero-order valence-corrected chi connectivity index (χ0v) is 20.2. The first-order valence-corrected chi connectivity index (χ1v) is 11.0. The number of halogens is 1. The molecule has 1 aliphatic heterocycles. The number of hydrogen-bond donors (Lipinski definition) is 1. The van der Waals surface area contributed by atoms with Gasteiger partial charge in [0.1, 0.15) is 11.3 Å². The van der Waals surface area contributed by atoms with Crippen molar-refractivity contribution >= 4 is 63.5 Å². The summed E-state index contributed by atoms with van der Waals surface area (Å²) in [5.41, 5.74) is 1.13. The Kier molecular flexibility index (Phi) is 7.50. The molecule has 0 aliphatic carbocycles. The van der Waals surface area contributed by atoms with Crippen LogP contribution in [0.2, 0.25) is 0 Å². The van der Waals surface area contributed by atoms with Crippen LogP contribution in [0.3, 0.4) is 0 Å². The van der Waals surface area contributed by atoms with Gasteiger partial charge in [-0.3, -0.25) is 19.8 Å². The van der Waals surface area contributed by atoms with E-state index in [9.17, 15) is 9.59 Å². The van der Waals surface area contributed by atoms with Crippen LogP contribution in [-0.2, 0) is 9.59 Å². The molecule has 2 aromatic carbocycles. The average molecular weight is 552 g/mol. The van der Waals surface area contributed by atoms with Crippen LogP contribution in [0.4, 0.5) is 5.69 Å². The first-order valence-electron chi connectivity index (χ1n) is 9.54. The minimum absolute atomic E-state index is 0.0218. The summed E-state index contributed by atoms with van der Waals surface area (Å²) < 4.78 is 17.3. The Morgan fingerprint density at radius 1 is 1.10 bits per heavy atom. The van der Waals surface area contributed by atoms with Gasteiger partial charge in [0.25, 0.3) is 11.8 Å². The van der Waals surface area contributed by atoms with Gasteiger partial charge in [-0.05, 0) is 96.7 Å². The molecule has 162 valence electrons. The molecule has 1 saturated heterocycles. The Morgan fingerprint density at radius 3 is 2.39 bits per heavy atom. The lowest BCUT2D eigenvalue weighted by molar-refractivity contribution is -0.122. The number of hydrogen-bond acceptors (Lipinski definition) is 6. The maximum absolute atomic E-state index is 13.2. The predicted octanol–water partition coefficient (Wildman–Crippen LogP) is 3.93. The van der Waals surface area contributed by atoms with E-state index in [1.165, 1.54) is 11.0 Å². The average Bonchev–Trinajstić information content (AvgIpc) is 2.74. The molecular formula is C22H21IN2O5S. The Labute approximate surface area is 199 Å². The van der Waals surface area contributed by atoms with E-state index >= 15 is 0 Å². The molecular weight excluding hydrogens is 531 g/mol. The van der Waals surface area contributed by atoms with Crippen LogP contribution in [0.15, 0.2) is 42.0 Å². The summed E-state index contributed by atoms with van der Waals surface area (Å²) in [7, 11) is 1.56. The molecule has 2 aromatic rings. The number of carbonyl (C=O) groups excluding carboxylic acids is 2. The van der Waals surface area contributed by atoms with Gasteiger partial charge in [-0.25, -0.2) is 0 Å². The third-order valence-corrected chi connectivity index (χ3v) is 5.45. The van der Waals surface area contributed by atoms with Crippen molar-refractivity contribution in [2.45, 2.75) is 13.8 Å². The minimum atomic E-state index is -0.554. The van der Waals surface area contributed by atoms with Crippen molar-refractivity contribution in [1.29, 1.82) is 0 Å². The summed E-state index contributed by atoms with van der Waals surface area (Å²) in [5.74, 6) is 0.760. The summed E-state index contributed by atoms with van der Waals surface area (Å²) in [6, 6.07) is 10.4. The molecule has 0 atom stereocenters. The van der Waals surface area contributed by atoms with Gasteiger partial charge in [0.05, 0.1) is 29.6 Å². The van der Waals surface area contributed by atoms with Crippen molar-refractivity contribution in [1.82, 2.24) is 5.32 Å². The van der Waals surface area contributed by atoms with Gasteiger partial charge < -0.3 is 14.2 Å². The number of anilines is 1. The van der Waals surface area contributed by atoms with Gasteiger partial charge in [0, 0.05) is 0 Å². The number of carbonyl (C=O) groups is 2. The fourth-order valence-corrected chi connectivity index (χ4v) is 4.07. The topological polar surface area (TPSA) is 77.1 Å². The highest BCUT2D eigenvalue weighted by Gasteiger charge is 2.34. The van der Waals surface area contributed by atoms with E-state index in [2.05, 4.69) is 27.9 Å². The molecule has 3 rings (SSSR count). The van der Waals surface area contributed by atoms with Crippen LogP contribution in [0.1, 0.15) is 19.4 Å². The lowest BCUT2D eigenvalue weighted by Gasteiger charge is -2.29. The Bertz CT molecular complexity index is 1050. The highest BCUT2D eigenvalue weighted by Crippen LogP contribution is 2.35. The largest absolute Gasteiger partial charge is 0.497 e. The van der Waals surface area contributed by atoms with Gasteiger partial charge in [-0.15, -0.1) is 0 Å². The standard InChI is InChI=1S/C22H21IN2O5S/c1-4-29-18-12-13(11-17(23)19(18)30-5-2)10-16-20(26)24-22(31)25(21(16)27)14-6-8-15(28-3)9-7-14/h6-12H,4-5H2,1-3H3,(H,24,26,31)/b16-10-. The fraction of sp³-hybridized carbons (Fsp3) is 0.227. The maximum Gasteiger partial charge on any atom is 0.270 e. The van der Waals surface area contributed by atoms with Gasteiger partial charge in [-0.2, -0.15) is 0 Å². The number of amides is 2. The van der Waals surface area contributed by atoms with Crippen LogP contribution in [0, 0.1) is 3.57 Å². The van der Waals surface area contributed by atoms with Crippen molar-refractivity contribution in [3.05, 3.63) is 51.1 Å². The molecule has 0 unspecified atom stereocenters. The molecule has 7 nitrogen and oxygen atoms in total. The number of rotatable bonds is 7. The number of thiocarbonyl (C=S) groups is 1. The summed E-state index contributed by atoms with van der Waals surface area (Å²) in [6.45, 7) is 4.71. The second-order valence-corrected chi connectivity index (χ2v) is 7.90. The van der Waals surface area contributed by atoms with Crippen LogP contribution in [0.25, 0.3) is 6.08 Å². The van der Waals surface area contributed by atoms with E-state index in [0.29, 0.717) is 41.7 Å². The number of methoxy groups -OCH3 is 1. The summed E-state index contributed by atoms with van der Waals surface area (Å²) in [5, 5.41) is 2.61. The van der Waals surface area contributed by atoms with E-state index in [4.69, 9.17) is 26.4 Å². The van der Waals surface area contributed by atoms with Crippen molar-refractivity contribution < 1.29 is 23.8 Å². The van der Waals surface area contributed by atoms with E-state index in [0.717, 1.165) is 3.57 Å². The zero-order valence-electron chi connectivity index (χ0n) is 17.2. The molecule has 1 aliphatic rings. The molecule has 1 N–H and O–H groups in total. The summed E-state index contributed by atoms with van der Waals surface area (Å²) >= 11 is 7.38. The molecule has 0 saturated carbocycles. The molecule has 9 heteroatoms. The Balaban J connectivity index is 2.01. The molecule has 31 heavy (non-hydrogen) atoms. The maximum atomic E-state index is 13.2. The minimum Gasteiger partial charge on any atom is -0.497 e. The number of nitrogens with zero attached hydrogens (tertiary/aromatic N) is 1. The fourth-order valence-electron chi connectivity index (χ4n) is 3.01. The first-order chi connectivity index (χ1) is 14.9. The van der Waals surface area contributed by atoms with Gasteiger partial charge in [0.15, 0.2) is 16.6 Å². The molecule has 0 aromatic heterocycles. The molecule has 1 heterocycles. The van der Waals surface area contributed by atoms with E-state index in [-0.39, 0.29) is 10.7 Å². The molecule has 0 bridgehead atoms. The third-order valence-electron chi connectivity index (χ3n) is 4.36. The third kappa shape index (κ3) is 4.99. The Morgan fingerprint density at radius 2 is 1.77 bits per heavy atom. The van der Waals surface area contributed by atoms with Crippen molar-refractivity contribution in [3.63, 3.8) is 0 Å². The Hall–Kier alpha value is -2.66. The van der Waals surface area contributed by atoms with Gasteiger partial charge >= 0.3 is 0 Å². The number of nitrogens with one attached hydrogen (secondary N) is 1.